The Morgan fingerprint density at radius 2 is 1.00 bits per heavy atom. The molecule has 5 aliphatic rings. The maximum atomic E-state index is 4.24. The summed E-state index contributed by atoms with van der Waals surface area (Å²) in [5, 5.41) is 0. The fourth-order valence-electron chi connectivity index (χ4n) is 10.6. The largest absolute Gasteiger partial charge is 0.310 e. The number of nitrogens with zero attached hydrogens (tertiary/aromatic N) is 2. The Kier molecular flexibility index (Phi) is 6.10. The van der Waals surface area contributed by atoms with Gasteiger partial charge < -0.3 is 4.90 Å². The van der Waals surface area contributed by atoms with Crippen molar-refractivity contribution in [1.29, 1.82) is 0 Å². The summed E-state index contributed by atoms with van der Waals surface area (Å²) in [4.78, 5) is 6.80. The lowest BCUT2D eigenvalue weighted by atomic mass is 9.43. The van der Waals surface area contributed by atoms with Crippen molar-refractivity contribution < 1.29 is 0 Å². The number of benzene rings is 5. The van der Waals surface area contributed by atoms with E-state index in [1.54, 1.807) is 11.1 Å². The van der Waals surface area contributed by atoms with E-state index < -0.39 is 0 Å². The van der Waals surface area contributed by atoms with Crippen LogP contribution in [0.15, 0.2) is 146 Å². The van der Waals surface area contributed by atoms with E-state index in [-0.39, 0.29) is 5.41 Å². The fraction of sp³-hybridized carbons (Fsp3) is 0.222. The number of rotatable bonds is 5. The molecule has 1 aromatic heterocycles. The van der Waals surface area contributed by atoms with Crippen LogP contribution in [0.5, 0.6) is 0 Å². The van der Waals surface area contributed by atoms with Crippen LogP contribution in [0, 0.1) is 23.7 Å². The van der Waals surface area contributed by atoms with E-state index in [0.717, 1.165) is 11.8 Å². The number of hydrogen-bond acceptors (Lipinski definition) is 2. The van der Waals surface area contributed by atoms with Crippen molar-refractivity contribution in [2.45, 2.75) is 37.5 Å². The first-order valence-corrected chi connectivity index (χ1v) is 17.5. The van der Waals surface area contributed by atoms with Gasteiger partial charge >= 0.3 is 0 Å². The van der Waals surface area contributed by atoms with Gasteiger partial charge in [-0.15, -0.1) is 0 Å². The van der Waals surface area contributed by atoms with Crippen molar-refractivity contribution in [1.82, 2.24) is 4.98 Å². The molecular formula is C45H38N2. The van der Waals surface area contributed by atoms with Crippen molar-refractivity contribution in [2.24, 2.45) is 23.7 Å². The summed E-state index contributed by atoms with van der Waals surface area (Å²) in [7, 11) is 0. The second kappa shape index (κ2) is 10.5. The number of aromatic nitrogens is 1. The minimum Gasteiger partial charge on any atom is -0.310 e. The molecule has 1 spiro atoms. The summed E-state index contributed by atoms with van der Waals surface area (Å²) in [5.74, 6) is 3.24. The first-order valence-electron chi connectivity index (χ1n) is 17.5. The maximum absolute atomic E-state index is 4.24. The molecule has 4 saturated carbocycles. The Labute approximate surface area is 277 Å². The number of hydrogen-bond donors (Lipinski definition) is 0. The molecule has 6 aromatic rings. The van der Waals surface area contributed by atoms with Crippen molar-refractivity contribution in [2.75, 3.05) is 4.90 Å². The number of fused-ring (bicyclic) bond motifs is 3. The first-order chi connectivity index (χ1) is 23.3. The second-order valence-corrected chi connectivity index (χ2v) is 14.4. The zero-order valence-corrected chi connectivity index (χ0v) is 26.6. The van der Waals surface area contributed by atoms with Gasteiger partial charge in [-0.05, 0) is 143 Å². The molecular weight excluding hydrogens is 569 g/mol. The monoisotopic (exact) mass is 606 g/mol. The lowest BCUT2D eigenvalue weighted by molar-refractivity contribution is -0.0397. The molecule has 5 aliphatic carbocycles. The Morgan fingerprint density at radius 3 is 1.64 bits per heavy atom. The third-order valence-electron chi connectivity index (χ3n) is 12.2. The summed E-state index contributed by atoms with van der Waals surface area (Å²) >= 11 is 0. The molecule has 0 saturated heterocycles. The molecule has 4 fully saturated rings. The Hall–Kier alpha value is -4.95. The normalized spacial score (nSPS) is 24.7. The Balaban J connectivity index is 1.18. The summed E-state index contributed by atoms with van der Waals surface area (Å²) < 4.78 is 0. The molecule has 1 heterocycles. The topological polar surface area (TPSA) is 16.1 Å². The molecule has 0 amide bonds. The summed E-state index contributed by atoms with van der Waals surface area (Å²) in [6.07, 6.45) is 10.7. The van der Waals surface area contributed by atoms with E-state index in [1.807, 2.05) is 12.4 Å². The van der Waals surface area contributed by atoms with Crippen LogP contribution in [0.2, 0.25) is 0 Å². The predicted octanol–water partition coefficient (Wildman–Crippen LogP) is 11.6. The molecule has 5 aromatic carbocycles. The molecule has 4 bridgehead atoms. The van der Waals surface area contributed by atoms with E-state index in [0.29, 0.717) is 11.8 Å². The molecule has 0 atom stereocenters. The molecule has 0 N–H and O–H groups in total. The average Bonchev–Trinajstić information content (AvgIpc) is 3.43. The van der Waals surface area contributed by atoms with Crippen LogP contribution < -0.4 is 4.90 Å². The van der Waals surface area contributed by atoms with Crippen molar-refractivity contribution in [3.63, 3.8) is 0 Å². The Morgan fingerprint density at radius 1 is 0.468 bits per heavy atom. The van der Waals surface area contributed by atoms with Gasteiger partial charge in [-0.1, -0.05) is 91.0 Å². The van der Waals surface area contributed by atoms with Gasteiger partial charge in [-0.2, -0.15) is 0 Å². The standard InChI is InChI=1S/C45H38N2/c1-2-7-32(8-3-1)33-13-17-38(18-14-33)47(39-19-15-34(16-20-39)35-21-23-46-24-22-35)43-12-6-10-41-40-9-4-5-11-42(40)45(44(41)43)36-26-30-25-31(28-36)29-37(45)27-30/h1-24,30-31,36-37H,25-29H2. The van der Waals surface area contributed by atoms with Crippen LogP contribution in [-0.4, -0.2) is 4.98 Å². The van der Waals surface area contributed by atoms with Crippen molar-refractivity contribution in [3.05, 3.63) is 157 Å². The minimum absolute atomic E-state index is 0.0785. The lowest BCUT2D eigenvalue weighted by Gasteiger charge is -2.61. The van der Waals surface area contributed by atoms with Crippen LogP contribution in [0.25, 0.3) is 33.4 Å². The molecule has 0 unspecified atom stereocenters. The van der Waals surface area contributed by atoms with Crippen molar-refractivity contribution >= 4 is 17.1 Å². The van der Waals surface area contributed by atoms with E-state index in [9.17, 15) is 0 Å². The average molecular weight is 607 g/mol. The maximum Gasteiger partial charge on any atom is 0.0509 e. The summed E-state index contributed by atoms with van der Waals surface area (Å²) in [6.45, 7) is 0. The van der Waals surface area contributed by atoms with E-state index in [4.69, 9.17) is 0 Å². The van der Waals surface area contributed by atoms with Crippen LogP contribution in [0.1, 0.15) is 43.2 Å². The zero-order valence-electron chi connectivity index (χ0n) is 26.6. The minimum atomic E-state index is 0.0785. The Bertz CT molecular complexity index is 1970. The summed E-state index contributed by atoms with van der Waals surface area (Å²) in [6, 6.07) is 49.9. The molecule has 0 radical (unpaired) electrons. The molecule has 2 heteroatoms. The second-order valence-electron chi connectivity index (χ2n) is 14.4. The van der Waals surface area contributed by atoms with E-state index in [1.165, 1.54) is 82.5 Å². The molecule has 228 valence electrons. The highest BCUT2D eigenvalue weighted by molar-refractivity contribution is 5.92. The van der Waals surface area contributed by atoms with Gasteiger partial charge in [0, 0.05) is 29.2 Å². The number of anilines is 3. The summed E-state index contributed by atoms with van der Waals surface area (Å²) in [5.41, 5.74) is 14.8. The van der Waals surface area contributed by atoms with Gasteiger partial charge in [-0.25, -0.2) is 0 Å². The van der Waals surface area contributed by atoms with Gasteiger partial charge in [0.05, 0.1) is 5.69 Å². The van der Waals surface area contributed by atoms with Gasteiger partial charge in [0.1, 0.15) is 0 Å². The van der Waals surface area contributed by atoms with Gasteiger partial charge in [0.15, 0.2) is 0 Å². The predicted molar refractivity (Wildman–Crippen MR) is 193 cm³/mol. The quantitative estimate of drug-likeness (QED) is 0.194. The van der Waals surface area contributed by atoms with Gasteiger partial charge in [0.2, 0.25) is 0 Å². The molecule has 2 nitrogen and oxygen atoms in total. The van der Waals surface area contributed by atoms with Crippen LogP contribution in [-0.2, 0) is 5.41 Å². The van der Waals surface area contributed by atoms with Gasteiger partial charge in [-0.3, -0.25) is 4.98 Å². The van der Waals surface area contributed by atoms with Crippen LogP contribution in [0.4, 0.5) is 17.1 Å². The van der Waals surface area contributed by atoms with E-state index >= 15 is 0 Å². The SMILES string of the molecule is c1ccc(-c2ccc(N(c3ccc(-c4ccncc4)cc3)c3cccc4c3C3(c5ccccc5-4)C4CC5CC(C4)CC3C5)cc2)cc1. The van der Waals surface area contributed by atoms with Crippen LogP contribution >= 0.6 is 0 Å². The highest BCUT2D eigenvalue weighted by Gasteiger charge is 2.62. The van der Waals surface area contributed by atoms with Gasteiger partial charge in [0.25, 0.3) is 0 Å². The third kappa shape index (κ3) is 4.07. The molecule has 0 aliphatic heterocycles. The number of pyridine rings is 1. The smallest absolute Gasteiger partial charge is 0.0509 e. The molecule has 11 rings (SSSR count). The molecule has 47 heavy (non-hydrogen) atoms. The van der Waals surface area contributed by atoms with Crippen LogP contribution in [0.3, 0.4) is 0 Å². The highest BCUT2D eigenvalue weighted by atomic mass is 15.1. The first kappa shape index (κ1) is 27.2. The van der Waals surface area contributed by atoms with Crippen molar-refractivity contribution in [3.8, 4) is 33.4 Å². The lowest BCUT2D eigenvalue weighted by Crippen LogP contribution is -2.55. The van der Waals surface area contributed by atoms with E-state index in [2.05, 4.69) is 143 Å². The highest BCUT2D eigenvalue weighted by Crippen LogP contribution is 2.71. The third-order valence-corrected chi connectivity index (χ3v) is 12.2. The zero-order chi connectivity index (χ0) is 31.0. The fourth-order valence-corrected chi connectivity index (χ4v) is 10.6.